The third-order valence-corrected chi connectivity index (χ3v) is 5.39. The Labute approximate surface area is 142 Å². The summed E-state index contributed by atoms with van der Waals surface area (Å²) in [6.07, 6.45) is 1.01. The normalized spacial score (nSPS) is 24.1. The van der Waals surface area contributed by atoms with E-state index in [-0.39, 0.29) is 12.1 Å². The Bertz CT molecular complexity index is 776. The lowest BCUT2D eigenvalue weighted by Crippen LogP contribution is -2.50. The average Bonchev–Trinajstić information content (AvgIpc) is 2.89. The maximum absolute atomic E-state index is 11.9. The monoisotopic (exact) mass is 325 g/mol. The van der Waals surface area contributed by atoms with Crippen molar-refractivity contribution in [1.29, 1.82) is 0 Å². The van der Waals surface area contributed by atoms with E-state index in [2.05, 4.69) is 46.6 Å². The second-order valence-corrected chi connectivity index (χ2v) is 6.73. The van der Waals surface area contributed by atoms with E-state index in [1.54, 1.807) is 7.11 Å². The smallest absolute Gasteiger partial charge is 0.317 e. The van der Waals surface area contributed by atoms with Gasteiger partial charge in [-0.3, -0.25) is 4.90 Å². The fourth-order valence-electron chi connectivity index (χ4n) is 4.06. The maximum atomic E-state index is 11.9. The van der Waals surface area contributed by atoms with Crippen molar-refractivity contribution >= 4 is 16.8 Å². The van der Waals surface area contributed by atoms with Crippen molar-refractivity contribution in [3.8, 4) is 5.75 Å². The Morgan fingerprint density at radius 1 is 1.25 bits per heavy atom. The molecule has 0 bridgehead atoms. The first-order valence-electron chi connectivity index (χ1n) is 8.47. The van der Waals surface area contributed by atoms with Gasteiger partial charge in [0.05, 0.1) is 19.2 Å². The van der Waals surface area contributed by atoms with Gasteiger partial charge in [0.25, 0.3) is 0 Å². The van der Waals surface area contributed by atoms with Gasteiger partial charge < -0.3 is 15.0 Å². The second kappa shape index (κ2) is 5.98. The van der Waals surface area contributed by atoms with E-state index in [0.717, 1.165) is 31.8 Å². The number of benzene rings is 2. The van der Waals surface area contributed by atoms with E-state index in [0.29, 0.717) is 6.04 Å². The van der Waals surface area contributed by atoms with E-state index >= 15 is 0 Å². The predicted molar refractivity (Wildman–Crippen MR) is 94.3 cm³/mol. The van der Waals surface area contributed by atoms with Gasteiger partial charge in [0.1, 0.15) is 5.75 Å². The molecule has 4 rings (SSSR count). The van der Waals surface area contributed by atoms with Gasteiger partial charge >= 0.3 is 6.03 Å². The minimum absolute atomic E-state index is 0.0505. The molecule has 2 heterocycles. The first-order chi connectivity index (χ1) is 11.7. The van der Waals surface area contributed by atoms with Crippen molar-refractivity contribution in [2.45, 2.75) is 25.0 Å². The number of carbonyl (C=O) groups excluding carboxylic acids is 1. The fraction of sp³-hybridized carbons (Fsp3) is 0.421. The van der Waals surface area contributed by atoms with Crippen LogP contribution < -0.4 is 10.1 Å². The molecule has 2 amide bonds. The molecule has 0 aromatic heterocycles. The van der Waals surface area contributed by atoms with Crippen LogP contribution in [-0.4, -0.2) is 55.2 Å². The lowest BCUT2D eigenvalue weighted by Gasteiger charge is -2.36. The number of fused-ring (bicyclic) bond motifs is 2. The number of ether oxygens (including phenoxy) is 1. The van der Waals surface area contributed by atoms with Crippen LogP contribution in [0.15, 0.2) is 36.4 Å². The van der Waals surface area contributed by atoms with Gasteiger partial charge in [0, 0.05) is 32.2 Å². The quantitative estimate of drug-likeness (QED) is 0.943. The second-order valence-electron chi connectivity index (χ2n) is 6.73. The minimum atomic E-state index is 0.0505. The van der Waals surface area contributed by atoms with Gasteiger partial charge in [-0.15, -0.1) is 0 Å². The third kappa shape index (κ3) is 2.49. The predicted octanol–water partition coefficient (Wildman–Crippen LogP) is 2.45. The maximum Gasteiger partial charge on any atom is 0.317 e. The summed E-state index contributed by atoms with van der Waals surface area (Å²) < 4.78 is 5.61. The number of hydrogen-bond acceptors (Lipinski definition) is 3. The van der Waals surface area contributed by atoms with Crippen LogP contribution >= 0.6 is 0 Å². The lowest BCUT2D eigenvalue weighted by molar-refractivity contribution is 0.147. The van der Waals surface area contributed by atoms with Crippen LogP contribution in [0.3, 0.4) is 0 Å². The summed E-state index contributed by atoms with van der Waals surface area (Å²) in [5.41, 5.74) is 1.23. The first-order valence-corrected chi connectivity index (χ1v) is 8.47. The highest BCUT2D eigenvalue weighted by Crippen LogP contribution is 2.31. The summed E-state index contributed by atoms with van der Waals surface area (Å²) in [5, 5.41) is 5.58. The SMILES string of the molecule is COc1ccc2ccccc2c1CN1CC[C@H]2[C@@H](C1)NC(=O)N2C. The van der Waals surface area contributed by atoms with Crippen LogP contribution in [0.5, 0.6) is 5.75 Å². The number of rotatable bonds is 3. The van der Waals surface area contributed by atoms with Gasteiger partial charge in [0.15, 0.2) is 0 Å². The van der Waals surface area contributed by atoms with E-state index in [1.807, 2.05) is 11.9 Å². The molecule has 1 N–H and O–H groups in total. The molecular formula is C19H23N3O2. The Balaban J connectivity index is 1.60. The number of hydrogen-bond donors (Lipinski definition) is 1. The van der Waals surface area contributed by atoms with Crippen molar-refractivity contribution < 1.29 is 9.53 Å². The standard InChI is InChI=1S/C19H23N3O2/c1-21-17-9-10-22(12-16(17)20-19(21)23)11-15-14-6-4-3-5-13(14)7-8-18(15)24-2/h3-8,16-17H,9-12H2,1-2H3,(H,20,23)/t16-,17+/m1/s1. The molecule has 0 saturated carbocycles. The summed E-state index contributed by atoms with van der Waals surface area (Å²) in [4.78, 5) is 16.1. The number of likely N-dealkylation sites (N-methyl/N-ethyl adjacent to an activating group) is 1. The Kier molecular flexibility index (Phi) is 3.81. The highest BCUT2D eigenvalue weighted by atomic mass is 16.5. The molecule has 126 valence electrons. The Morgan fingerprint density at radius 2 is 2.08 bits per heavy atom. The molecule has 2 aromatic carbocycles. The zero-order chi connectivity index (χ0) is 16.7. The van der Waals surface area contributed by atoms with Crippen molar-refractivity contribution in [2.75, 3.05) is 27.2 Å². The highest BCUT2D eigenvalue weighted by molar-refractivity contribution is 5.87. The molecule has 24 heavy (non-hydrogen) atoms. The summed E-state index contributed by atoms with van der Waals surface area (Å²) >= 11 is 0. The zero-order valence-electron chi connectivity index (χ0n) is 14.2. The summed E-state index contributed by atoms with van der Waals surface area (Å²) in [6.45, 7) is 2.72. The third-order valence-electron chi connectivity index (χ3n) is 5.39. The number of piperidine rings is 1. The fourth-order valence-corrected chi connectivity index (χ4v) is 4.06. The van der Waals surface area contributed by atoms with Gasteiger partial charge in [-0.25, -0.2) is 4.79 Å². The van der Waals surface area contributed by atoms with Crippen molar-refractivity contribution in [1.82, 2.24) is 15.1 Å². The highest BCUT2D eigenvalue weighted by Gasteiger charge is 2.40. The number of likely N-dealkylation sites (tertiary alicyclic amines) is 1. The molecule has 0 unspecified atom stereocenters. The number of methoxy groups -OCH3 is 1. The van der Waals surface area contributed by atoms with Crippen molar-refractivity contribution in [3.05, 3.63) is 42.0 Å². The average molecular weight is 325 g/mol. The minimum Gasteiger partial charge on any atom is -0.496 e. The van der Waals surface area contributed by atoms with Crippen LogP contribution in [0.2, 0.25) is 0 Å². The molecule has 2 aliphatic heterocycles. The number of urea groups is 1. The van der Waals surface area contributed by atoms with Crippen LogP contribution in [0, 0.1) is 0 Å². The van der Waals surface area contributed by atoms with E-state index in [1.165, 1.54) is 16.3 Å². The number of carbonyl (C=O) groups is 1. The van der Waals surface area contributed by atoms with E-state index in [4.69, 9.17) is 4.74 Å². The number of amides is 2. The molecule has 0 aliphatic carbocycles. The summed E-state index contributed by atoms with van der Waals surface area (Å²) in [7, 11) is 3.62. The molecule has 2 aliphatic rings. The molecule has 2 fully saturated rings. The molecule has 5 nitrogen and oxygen atoms in total. The molecule has 0 radical (unpaired) electrons. The van der Waals surface area contributed by atoms with E-state index < -0.39 is 0 Å². The van der Waals surface area contributed by atoms with Crippen LogP contribution in [0.1, 0.15) is 12.0 Å². The summed E-state index contributed by atoms with van der Waals surface area (Å²) in [5.74, 6) is 0.934. The zero-order valence-corrected chi connectivity index (χ0v) is 14.2. The van der Waals surface area contributed by atoms with Gasteiger partial charge in [0.2, 0.25) is 0 Å². The Hall–Kier alpha value is -2.27. The largest absolute Gasteiger partial charge is 0.496 e. The van der Waals surface area contributed by atoms with Crippen LogP contribution in [0.25, 0.3) is 10.8 Å². The van der Waals surface area contributed by atoms with Crippen LogP contribution in [-0.2, 0) is 6.54 Å². The van der Waals surface area contributed by atoms with E-state index in [9.17, 15) is 4.79 Å². The molecule has 2 saturated heterocycles. The number of nitrogens with zero attached hydrogens (tertiary/aromatic N) is 2. The van der Waals surface area contributed by atoms with Crippen molar-refractivity contribution in [2.24, 2.45) is 0 Å². The number of nitrogens with one attached hydrogen (secondary N) is 1. The van der Waals surface area contributed by atoms with Crippen molar-refractivity contribution in [3.63, 3.8) is 0 Å². The molecule has 2 atom stereocenters. The first kappa shape index (κ1) is 15.3. The lowest BCUT2D eigenvalue weighted by atomic mass is 9.98. The Morgan fingerprint density at radius 3 is 2.92 bits per heavy atom. The van der Waals surface area contributed by atoms with Crippen LogP contribution in [0.4, 0.5) is 4.79 Å². The molecule has 2 aromatic rings. The van der Waals surface area contributed by atoms with Gasteiger partial charge in [-0.1, -0.05) is 30.3 Å². The summed E-state index contributed by atoms with van der Waals surface area (Å²) in [6, 6.07) is 13.2. The molecular weight excluding hydrogens is 302 g/mol. The molecule has 0 spiro atoms. The topological polar surface area (TPSA) is 44.8 Å². The molecule has 5 heteroatoms. The van der Waals surface area contributed by atoms with Gasteiger partial charge in [-0.2, -0.15) is 0 Å². The van der Waals surface area contributed by atoms with Gasteiger partial charge in [-0.05, 0) is 23.3 Å².